The van der Waals surface area contributed by atoms with E-state index in [2.05, 4.69) is 17.5 Å². The topological polar surface area (TPSA) is 170 Å². The Morgan fingerprint density at radius 1 is 0.767 bits per heavy atom. The van der Waals surface area contributed by atoms with Crippen LogP contribution in [0.4, 0.5) is 0 Å². The molecule has 2 aromatic rings. The number of rotatable bonds is 8. The van der Waals surface area contributed by atoms with Crippen molar-refractivity contribution < 1.29 is 42.5 Å². The molecule has 2 aromatic carbocycles. The minimum absolute atomic E-state index is 0.204. The van der Waals surface area contributed by atoms with Crippen LogP contribution >= 0.6 is 23.0 Å². The number of phosphoric acid groups is 1. The molecule has 0 aliphatic rings. The van der Waals surface area contributed by atoms with Crippen molar-refractivity contribution in [2.24, 2.45) is 0 Å². The minimum atomic E-state index is -5.53. The fourth-order valence-corrected chi connectivity index (χ4v) is 4.96. The van der Waals surface area contributed by atoms with Crippen LogP contribution in [0, 0.1) is 0 Å². The van der Waals surface area contributed by atoms with Gasteiger partial charge in [0.1, 0.15) is 7.60 Å². The fraction of sp³-hybridized carbons (Fsp3) is 0.111. The van der Waals surface area contributed by atoms with Gasteiger partial charge in [-0.2, -0.15) is 0 Å². The first-order chi connectivity index (χ1) is 13.7. The summed E-state index contributed by atoms with van der Waals surface area (Å²) < 4.78 is 35.5. The maximum Gasteiger partial charge on any atom is 0.329 e. The number of hydrogen-bond donors (Lipinski definition) is 2. The van der Waals surface area contributed by atoms with Crippen LogP contribution in [0.2, 0.25) is 0 Å². The second kappa shape index (κ2) is 11.1. The standard InChI is InChI=1S/C9H12O6P2.C9H11O3P/c1-2-8-3-5-9(6-4-8)7-16(10,11)15-17(12,13)14;1-2-8-3-5-9(6-4-8)7-13(10,11)12/h2-6H,1,7H2,(H,10,11)(H2,12,13,14);2-6H,1,7H2,(H2,10,11,12)/p-3. The van der Waals surface area contributed by atoms with Crippen LogP contribution < -0.4 is 14.7 Å². The second-order valence-corrected chi connectivity index (χ2v) is 10.7. The van der Waals surface area contributed by atoms with Crippen LogP contribution in [-0.4, -0.2) is 9.79 Å². The molecule has 0 saturated carbocycles. The van der Waals surface area contributed by atoms with E-state index in [0.29, 0.717) is 11.1 Å². The summed E-state index contributed by atoms with van der Waals surface area (Å²) in [6.07, 6.45) is 2.39. The molecule has 0 aliphatic heterocycles. The van der Waals surface area contributed by atoms with Crippen molar-refractivity contribution in [1.29, 1.82) is 0 Å². The van der Waals surface area contributed by atoms with E-state index in [1.54, 1.807) is 48.6 Å². The van der Waals surface area contributed by atoms with E-state index in [0.717, 1.165) is 11.1 Å². The van der Waals surface area contributed by atoms with Gasteiger partial charge in [-0.3, -0.25) is 4.57 Å². The first-order valence-corrected chi connectivity index (χ1v) is 13.2. The molecule has 2 rings (SSSR count). The summed E-state index contributed by atoms with van der Waals surface area (Å²) >= 11 is 0. The third-order valence-corrected chi connectivity index (χ3v) is 6.74. The quantitative estimate of drug-likeness (QED) is 0.546. The summed E-state index contributed by atoms with van der Waals surface area (Å²) in [6.45, 7) is 7.10. The Morgan fingerprint density at radius 3 is 1.43 bits per heavy atom. The zero-order valence-electron chi connectivity index (χ0n) is 15.7. The Kier molecular flexibility index (Phi) is 9.79. The van der Waals surface area contributed by atoms with E-state index in [9.17, 15) is 28.4 Å². The highest BCUT2D eigenvalue weighted by atomic mass is 31.3. The molecule has 0 amide bonds. The Morgan fingerprint density at radius 2 is 1.13 bits per heavy atom. The lowest BCUT2D eigenvalue weighted by atomic mass is 10.1. The molecule has 0 fully saturated rings. The average Bonchev–Trinajstić information content (AvgIpc) is 2.60. The summed E-state index contributed by atoms with van der Waals surface area (Å²) in [5.74, 6) is 0. The van der Waals surface area contributed by atoms with Crippen LogP contribution in [0.3, 0.4) is 0 Å². The minimum Gasteiger partial charge on any atom is -0.790 e. The largest absolute Gasteiger partial charge is 0.790 e. The molecule has 12 heteroatoms. The van der Waals surface area contributed by atoms with Gasteiger partial charge in [-0.25, -0.2) is 0 Å². The molecular weight excluding hydrogens is 453 g/mol. The maximum atomic E-state index is 11.2. The lowest BCUT2D eigenvalue weighted by molar-refractivity contribution is -0.337. The van der Waals surface area contributed by atoms with Crippen LogP contribution in [0.25, 0.3) is 12.2 Å². The lowest BCUT2D eigenvalue weighted by Gasteiger charge is -2.36. The number of benzene rings is 2. The lowest BCUT2D eigenvalue weighted by Crippen LogP contribution is -2.18. The smallest absolute Gasteiger partial charge is 0.329 e. The third kappa shape index (κ3) is 11.5. The maximum absolute atomic E-state index is 11.2. The van der Waals surface area contributed by atoms with E-state index in [4.69, 9.17) is 9.79 Å². The monoisotopic (exact) mass is 473 g/mol. The van der Waals surface area contributed by atoms with Crippen molar-refractivity contribution in [3.63, 3.8) is 0 Å². The molecular formula is C18H20O9P3-3. The Bertz CT molecular complexity index is 989. The van der Waals surface area contributed by atoms with Gasteiger partial charge in [0, 0.05) is 6.16 Å². The molecule has 1 atom stereocenters. The summed E-state index contributed by atoms with van der Waals surface area (Å²) in [4.78, 5) is 49.0. The van der Waals surface area contributed by atoms with E-state index in [1.165, 1.54) is 12.1 Å². The predicted octanol–water partition coefficient (Wildman–Crippen LogP) is 2.24. The summed E-state index contributed by atoms with van der Waals surface area (Å²) in [6, 6.07) is 13.1. The highest BCUT2D eigenvalue weighted by molar-refractivity contribution is 7.61. The van der Waals surface area contributed by atoms with Gasteiger partial charge in [0.2, 0.25) is 0 Å². The first kappa shape index (κ1) is 26.4. The van der Waals surface area contributed by atoms with Gasteiger partial charge in [-0.05, 0) is 22.3 Å². The van der Waals surface area contributed by atoms with Crippen LogP contribution in [0.5, 0.6) is 0 Å². The predicted molar refractivity (Wildman–Crippen MR) is 109 cm³/mol. The zero-order chi connectivity index (χ0) is 23.0. The molecule has 0 aromatic heterocycles. The van der Waals surface area contributed by atoms with E-state index in [-0.39, 0.29) is 6.16 Å². The van der Waals surface area contributed by atoms with E-state index >= 15 is 0 Å². The Labute approximate surface area is 174 Å². The van der Waals surface area contributed by atoms with Gasteiger partial charge in [-0.15, -0.1) is 0 Å². The molecule has 2 N–H and O–H groups in total. The number of hydrogen-bond acceptors (Lipinski definition) is 7. The first-order valence-electron chi connectivity index (χ1n) is 8.24. The van der Waals surface area contributed by atoms with Crippen molar-refractivity contribution in [3.05, 3.63) is 83.9 Å². The highest BCUT2D eigenvalue weighted by Crippen LogP contribution is 2.51. The molecule has 0 aliphatic carbocycles. The zero-order valence-corrected chi connectivity index (χ0v) is 18.4. The van der Waals surface area contributed by atoms with Crippen molar-refractivity contribution in [1.82, 2.24) is 0 Å². The second-order valence-electron chi connectivity index (χ2n) is 6.01. The summed E-state index contributed by atoms with van der Waals surface area (Å²) in [7, 11) is -14.2. The van der Waals surface area contributed by atoms with Crippen LogP contribution in [0.1, 0.15) is 22.3 Å². The summed E-state index contributed by atoms with van der Waals surface area (Å²) in [5.41, 5.74) is 2.68. The Balaban J connectivity index is 0.000000311. The van der Waals surface area contributed by atoms with Crippen molar-refractivity contribution >= 4 is 35.2 Å². The molecule has 0 bridgehead atoms. The molecule has 0 heterocycles. The molecule has 0 spiro atoms. The van der Waals surface area contributed by atoms with Crippen molar-refractivity contribution in [2.45, 2.75) is 12.3 Å². The van der Waals surface area contributed by atoms with Crippen LogP contribution in [0.15, 0.2) is 61.7 Å². The van der Waals surface area contributed by atoms with Gasteiger partial charge in [-0.1, -0.05) is 73.8 Å². The molecule has 0 radical (unpaired) electrons. The molecule has 9 nitrogen and oxygen atoms in total. The highest BCUT2D eigenvalue weighted by Gasteiger charge is 2.13. The fourth-order valence-electron chi connectivity index (χ4n) is 2.16. The Hall–Kier alpha value is -1.63. The molecule has 164 valence electrons. The van der Waals surface area contributed by atoms with E-state index in [1.807, 2.05) is 0 Å². The molecule has 1 unspecified atom stereocenters. The van der Waals surface area contributed by atoms with Gasteiger partial charge in [0.15, 0.2) is 0 Å². The SMILES string of the molecule is C=Cc1ccc(CP(=O)(O)O)cc1.C=Cc1ccc(CP(=O)([O-])OP(=O)([O-])[O-])cc1. The average molecular weight is 473 g/mol. The van der Waals surface area contributed by atoms with Gasteiger partial charge in [0.05, 0.1) is 14.0 Å². The van der Waals surface area contributed by atoms with Gasteiger partial charge >= 0.3 is 7.60 Å². The van der Waals surface area contributed by atoms with Gasteiger partial charge < -0.3 is 37.9 Å². The summed E-state index contributed by atoms with van der Waals surface area (Å²) in [5, 5.41) is 0. The van der Waals surface area contributed by atoms with Crippen molar-refractivity contribution in [3.8, 4) is 0 Å². The molecule has 0 saturated heterocycles. The van der Waals surface area contributed by atoms with Crippen molar-refractivity contribution in [2.75, 3.05) is 0 Å². The van der Waals surface area contributed by atoms with Gasteiger partial charge in [0.25, 0.3) is 0 Å². The van der Waals surface area contributed by atoms with Crippen LogP contribution in [-0.2, 0) is 30.3 Å². The van der Waals surface area contributed by atoms with E-state index < -0.39 is 29.2 Å². The normalized spacial score (nSPS) is 13.5. The third-order valence-electron chi connectivity index (χ3n) is 3.42. The molecule has 30 heavy (non-hydrogen) atoms.